The van der Waals surface area contributed by atoms with E-state index in [0.717, 1.165) is 25.4 Å². The SMILES string of the molecule is CC1CN(CCOc2ccc(C(=N)N)cc2)CC(C)O1. The zero-order valence-corrected chi connectivity index (χ0v) is 12.1. The maximum absolute atomic E-state index is 7.33. The molecule has 1 fully saturated rings. The fourth-order valence-corrected chi connectivity index (χ4v) is 2.49. The van der Waals surface area contributed by atoms with E-state index in [1.54, 1.807) is 12.1 Å². The Bertz CT molecular complexity index is 437. The minimum atomic E-state index is 0.0767. The summed E-state index contributed by atoms with van der Waals surface area (Å²) in [4.78, 5) is 2.36. The molecule has 1 aromatic carbocycles. The summed E-state index contributed by atoms with van der Waals surface area (Å²) < 4.78 is 11.4. The van der Waals surface area contributed by atoms with Crippen LogP contribution in [0.3, 0.4) is 0 Å². The van der Waals surface area contributed by atoms with Crippen LogP contribution in [0.15, 0.2) is 24.3 Å². The van der Waals surface area contributed by atoms with E-state index in [1.807, 2.05) is 12.1 Å². The lowest BCUT2D eigenvalue weighted by Crippen LogP contribution is -2.46. The van der Waals surface area contributed by atoms with Crippen molar-refractivity contribution in [3.05, 3.63) is 29.8 Å². The predicted octanol–water partition coefficient (Wildman–Crippen LogP) is 1.46. The van der Waals surface area contributed by atoms with Crippen LogP contribution < -0.4 is 10.5 Å². The number of nitrogens with zero attached hydrogens (tertiary/aromatic N) is 1. The van der Waals surface area contributed by atoms with E-state index in [1.165, 1.54) is 0 Å². The first-order chi connectivity index (χ1) is 9.54. The highest BCUT2D eigenvalue weighted by atomic mass is 16.5. The van der Waals surface area contributed by atoms with Gasteiger partial charge in [-0.25, -0.2) is 0 Å². The number of ether oxygens (including phenoxy) is 2. The number of benzene rings is 1. The zero-order valence-electron chi connectivity index (χ0n) is 12.1. The summed E-state index contributed by atoms with van der Waals surface area (Å²) in [6.07, 6.45) is 0.571. The Morgan fingerprint density at radius 1 is 1.30 bits per heavy atom. The molecule has 3 N–H and O–H groups in total. The molecule has 2 unspecified atom stereocenters. The van der Waals surface area contributed by atoms with Crippen LogP contribution in [-0.4, -0.2) is 49.2 Å². The maximum Gasteiger partial charge on any atom is 0.122 e. The van der Waals surface area contributed by atoms with E-state index in [4.69, 9.17) is 20.6 Å². The van der Waals surface area contributed by atoms with E-state index in [9.17, 15) is 0 Å². The Balaban J connectivity index is 1.76. The van der Waals surface area contributed by atoms with Crippen molar-refractivity contribution in [3.8, 4) is 5.75 Å². The maximum atomic E-state index is 7.33. The minimum absolute atomic E-state index is 0.0767. The lowest BCUT2D eigenvalue weighted by Gasteiger charge is -2.35. The van der Waals surface area contributed by atoms with E-state index >= 15 is 0 Å². The van der Waals surface area contributed by atoms with Crippen molar-refractivity contribution in [2.24, 2.45) is 5.73 Å². The highest BCUT2D eigenvalue weighted by molar-refractivity contribution is 5.94. The zero-order chi connectivity index (χ0) is 14.5. The number of morpholine rings is 1. The number of amidine groups is 1. The number of nitrogens with two attached hydrogens (primary N) is 1. The first-order valence-corrected chi connectivity index (χ1v) is 6.99. The summed E-state index contributed by atoms with van der Waals surface area (Å²) in [7, 11) is 0. The van der Waals surface area contributed by atoms with E-state index in [0.29, 0.717) is 12.2 Å². The van der Waals surface area contributed by atoms with Gasteiger partial charge in [0.1, 0.15) is 18.2 Å². The molecule has 0 bridgehead atoms. The molecule has 0 aromatic heterocycles. The summed E-state index contributed by atoms with van der Waals surface area (Å²) in [6.45, 7) is 7.66. The second kappa shape index (κ2) is 6.72. The lowest BCUT2D eigenvalue weighted by atomic mass is 10.2. The minimum Gasteiger partial charge on any atom is -0.492 e. The molecule has 0 saturated carbocycles. The summed E-state index contributed by atoms with van der Waals surface area (Å²) in [5, 5.41) is 7.33. The number of hydrogen-bond acceptors (Lipinski definition) is 4. The molecule has 5 heteroatoms. The summed E-state index contributed by atoms with van der Waals surface area (Å²) in [5.74, 6) is 0.886. The largest absolute Gasteiger partial charge is 0.492 e. The molecule has 5 nitrogen and oxygen atoms in total. The van der Waals surface area contributed by atoms with Crippen LogP contribution in [0.2, 0.25) is 0 Å². The van der Waals surface area contributed by atoms with Crippen molar-refractivity contribution >= 4 is 5.84 Å². The molecule has 1 saturated heterocycles. The Hall–Kier alpha value is -1.59. The highest BCUT2D eigenvalue weighted by Crippen LogP contribution is 2.13. The topological polar surface area (TPSA) is 71.6 Å². The summed E-state index contributed by atoms with van der Waals surface area (Å²) in [5.41, 5.74) is 6.13. The van der Waals surface area contributed by atoms with Gasteiger partial charge in [-0.2, -0.15) is 0 Å². The normalized spacial score (nSPS) is 23.5. The molecule has 0 amide bonds. The number of nitrogen functional groups attached to an aromatic ring is 1. The van der Waals surface area contributed by atoms with Crippen molar-refractivity contribution in [2.45, 2.75) is 26.1 Å². The number of nitrogens with one attached hydrogen (secondary N) is 1. The van der Waals surface area contributed by atoms with Crippen molar-refractivity contribution < 1.29 is 9.47 Å². The third-order valence-corrected chi connectivity index (χ3v) is 3.34. The first-order valence-electron chi connectivity index (χ1n) is 6.99. The molecule has 2 rings (SSSR count). The van der Waals surface area contributed by atoms with E-state index in [-0.39, 0.29) is 18.0 Å². The van der Waals surface area contributed by atoms with Crippen LogP contribution in [0.1, 0.15) is 19.4 Å². The van der Waals surface area contributed by atoms with Crippen molar-refractivity contribution in [1.29, 1.82) is 5.41 Å². The third-order valence-electron chi connectivity index (χ3n) is 3.34. The third kappa shape index (κ3) is 4.21. The van der Waals surface area contributed by atoms with Gasteiger partial charge < -0.3 is 15.2 Å². The number of rotatable bonds is 5. The summed E-state index contributed by atoms with van der Waals surface area (Å²) >= 11 is 0. The molecule has 2 atom stereocenters. The van der Waals surface area contributed by atoms with Gasteiger partial charge in [0.2, 0.25) is 0 Å². The van der Waals surface area contributed by atoms with Crippen LogP contribution in [0.25, 0.3) is 0 Å². The van der Waals surface area contributed by atoms with Crippen LogP contribution in [0.4, 0.5) is 0 Å². The Labute approximate surface area is 120 Å². The van der Waals surface area contributed by atoms with Crippen LogP contribution >= 0.6 is 0 Å². The molecular formula is C15H23N3O2. The monoisotopic (exact) mass is 277 g/mol. The van der Waals surface area contributed by atoms with Crippen molar-refractivity contribution in [2.75, 3.05) is 26.2 Å². The van der Waals surface area contributed by atoms with Gasteiger partial charge in [0, 0.05) is 25.2 Å². The quantitative estimate of drug-likeness (QED) is 0.631. The molecule has 1 aliphatic heterocycles. The van der Waals surface area contributed by atoms with Gasteiger partial charge in [0.15, 0.2) is 0 Å². The second-order valence-corrected chi connectivity index (χ2v) is 5.30. The molecule has 0 spiro atoms. The van der Waals surface area contributed by atoms with Gasteiger partial charge in [-0.3, -0.25) is 10.3 Å². The van der Waals surface area contributed by atoms with Crippen molar-refractivity contribution in [3.63, 3.8) is 0 Å². The average Bonchev–Trinajstić information content (AvgIpc) is 2.38. The molecule has 110 valence electrons. The van der Waals surface area contributed by atoms with Crippen LogP contribution in [-0.2, 0) is 4.74 Å². The first kappa shape index (κ1) is 14.8. The van der Waals surface area contributed by atoms with Gasteiger partial charge in [0.25, 0.3) is 0 Å². The molecule has 0 radical (unpaired) electrons. The number of hydrogen-bond donors (Lipinski definition) is 2. The molecule has 1 aromatic rings. The van der Waals surface area contributed by atoms with Gasteiger partial charge in [0.05, 0.1) is 12.2 Å². The second-order valence-electron chi connectivity index (χ2n) is 5.30. The molecule has 1 heterocycles. The molecule has 0 aliphatic carbocycles. The van der Waals surface area contributed by atoms with Crippen LogP contribution in [0.5, 0.6) is 5.75 Å². The summed E-state index contributed by atoms with van der Waals surface area (Å²) in [6, 6.07) is 7.30. The predicted molar refractivity (Wildman–Crippen MR) is 79.4 cm³/mol. The van der Waals surface area contributed by atoms with E-state index in [2.05, 4.69) is 18.7 Å². The standard InChI is InChI=1S/C15H23N3O2/c1-11-9-18(10-12(2)20-11)7-8-19-14-5-3-13(4-6-14)15(16)17/h3-6,11-12H,7-10H2,1-2H3,(H3,16,17). The van der Waals surface area contributed by atoms with Crippen LogP contribution in [0, 0.1) is 5.41 Å². The van der Waals surface area contributed by atoms with Crippen molar-refractivity contribution in [1.82, 2.24) is 4.90 Å². The molecule has 20 heavy (non-hydrogen) atoms. The fraction of sp³-hybridized carbons (Fsp3) is 0.533. The molecule has 1 aliphatic rings. The van der Waals surface area contributed by atoms with Gasteiger partial charge in [-0.1, -0.05) is 0 Å². The van der Waals surface area contributed by atoms with E-state index < -0.39 is 0 Å². The van der Waals surface area contributed by atoms with Gasteiger partial charge >= 0.3 is 0 Å². The fourth-order valence-electron chi connectivity index (χ4n) is 2.49. The average molecular weight is 277 g/mol. The van der Waals surface area contributed by atoms with Gasteiger partial charge in [-0.05, 0) is 38.1 Å². The Morgan fingerprint density at radius 2 is 1.90 bits per heavy atom. The van der Waals surface area contributed by atoms with Gasteiger partial charge in [-0.15, -0.1) is 0 Å². The highest BCUT2D eigenvalue weighted by Gasteiger charge is 2.21. The Kier molecular flexibility index (Phi) is 4.98. The lowest BCUT2D eigenvalue weighted by molar-refractivity contribution is -0.0699. The Morgan fingerprint density at radius 3 is 2.45 bits per heavy atom. The molecular weight excluding hydrogens is 254 g/mol. The smallest absolute Gasteiger partial charge is 0.122 e.